The van der Waals surface area contributed by atoms with Gasteiger partial charge in [-0.1, -0.05) is 0 Å². The van der Waals surface area contributed by atoms with Crippen LogP contribution in [0.25, 0.3) is 0 Å². The summed E-state index contributed by atoms with van der Waals surface area (Å²) in [5.74, 6) is 0.697. The van der Waals surface area contributed by atoms with Crippen LogP contribution >= 0.6 is 0 Å². The molecule has 0 fully saturated rings. The molecule has 0 amide bonds. The summed E-state index contributed by atoms with van der Waals surface area (Å²) in [5.41, 5.74) is 0. The molecule has 112 valence electrons. The molecule has 0 saturated carbocycles. The third-order valence-corrected chi connectivity index (χ3v) is 3.89. The van der Waals surface area contributed by atoms with Crippen LogP contribution in [0, 0.1) is 0 Å². The topological polar surface area (TPSA) is 101 Å². The van der Waals surface area contributed by atoms with Crippen molar-refractivity contribution in [2.45, 2.75) is 11.3 Å². The van der Waals surface area contributed by atoms with Crippen LogP contribution in [-0.2, 0) is 10.0 Å². The Balaban J connectivity index is 2.06. The summed E-state index contributed by atoms with van der Waals surface area (Å²) in [5, 5.41) is 15.9. The molecule has 1 heterocycles. The molecule has 8 heteroatoms. The van der Waals surface area contributed by atoms with Gasteiger partial charge >= 0.3 is 0 Å². The maximum atomic E-state index is 12.1. The summed E-state index contributed by atoms with van der Waals surface area (Å²) >= 11 is 0. The van der Waals surface area contributed by atoms with Crippen LogP contribution in [0.2, 0.25) is 0 Å². The third-order valence-electron chi connectivity index (χ3n) is 2.52. The van der Waals surface area contributed by atoms with Crippen molar-refractivity contribution < 1.29 is 18.3 Å². The maximum absolute atomic E-state index is 12.1. The lowest BCUT2D eigenvalue weighted by molar-refractivity contribution is 0.233. The van der Waals surface area contributed by atoms with Crippen molar-refractivity contribution in [3.05, 3.63) is 42.6 Å². The number of rotatable bonds is 7. The van der Waals surface area contributed by atoms with Gasteiger partial charge in [-0.3, -0.25) is 4.72 Å². The number of hydrogen-bond donors (Lipinski definition) is 2. The van der Waals surface area contributed by atoms with Crippen molar-refractivity contribution in [2.24, 2.45) is 0 Å². The Morgan fingerprint density at radius 3 is 2.57 bits per heavy atom. The molecule has 1 aromatic heterocycles. The van der Waals surface area contributed by atoms with Gasteiger partial charge in [0.25, 0.3) is 10.0 Å². The van der Waals surface area contributed by atoms with Crippen molar-refractivity contribution in [3.8, 4) is 5.75 Å². The van der Waals surface area contributed by atoms with Crippen LogP contribution in [0.1, 0.15) is 6.42 Å². The summed E-state index contributed by atoms with van der Waals surface area (Å²) in [4.78, 5) is 0.0997. The van der Waals surface area contributed by atoms with Gasteiger partial charge in [0.2, 0.25) is 0 Å². The van der Waals surface area contributed by atoms with E-state index in [-0.39, 0.29) is 17.3 Å². The average molecular weight is 309 g/mol. The average Bonchev–Trinajstić information content (AvgIpc) is 2.49. The predicted octanol–water partition coefficient (Wildman–Crippen LogP) is 1.04. The largest absolute Gasteiger partial charge is 0.494 e. The minimum absolute atomic E-state index is 0.0501. The van der Waals surface area contributed by atoms with E-state index in [0.29, 0.717) is 18.8 Å². The summed E-state index contributed by atoms with van der Waals surface area (Å²) in [7, 11) is -3.70. The van der Waals surface area contributed by atoms with Crippen LogP contribution < -0.4 is 9.46 Å². The summed E-state index contributed by atoms with van der Waals surface area (Å²) < 4.78 is 31.9. The van der Waals surface area contributed by atoms with E-state index >= 15 is 0 Å². The van der Waals surface area contributed by atoms with Gasteiger partial charge in [0.15, 0.2) is 5.82 Å². The van der Waals surface area contributed by atoms with Gasteiger partial charge in [-0.15, -0.1) is 5.10 Å². The minimum Gasteiger partial charge on any atom is -0.494 e. The van der Waals surface area contributed by atoms with E-state index in [1.807, 2.05) is 0 Å². The van der Waals surface area contributed by atoms with Gasteiger partial charge in [0, 0.05) is 19.2 Å². The fraction of sp³-hybridized carbons (Fsp3) is 0.231. The second-order valence-electron chi connectivity index (χ2n) is 4.11. The molecule has 2 N–H and O–H groups in total. The van der Waals surface area contributed by atoms with Gasteiger partial charge in [0.05, 0.1) is 11.5 Å². The van der Waals surface area contributed by atoms with Crippen LogP contribution in [0.3, 0.4) is 0 Å². The minimum atomic E-state index is -3.70. The molecule has 0 aliphatic heterocycles. The smallest absolute Gasteiger partial charge is 0.263 e. The van der Waals surface area contributed by atoms with E-state index in [1.54, 1.807) is 18.2 Å². The van der Waals surface area contributed by atoms with Crippen molar-refractivity contribution in [2.75, 3.05) is 17.9 Å². The lowest BCUT2D eigenvalue weighted by atomic mass is 10.3. The number of benzene rings is 1. The van der Waals surface area contributed by atoms with Crippen molar-refractivity contribution >= 4 is 15.8 Å². The summed E-state index contributed by atoms with van der Waals surface area (Å²) in [6, 6.07) is 9.09. The Kier molecular flexibility index (Phi) is 5.07. The van der Waals surface area contributed by atoms with Crippen LogP contribution in [-0.4, -0.2) is 36.9 Å². The Morgan fingerprint density at radius 1 is 1.19 bits per heavy atom. The molecule has 1 aromatic carbocycles. The maximum Gasteiger partial charge on any atom is 0.263 e. The molecule has 0 atom stereocenters. The van der Waals surface area contributed by atoms with Crippen LogP contribution in [0.15, 0.2) is 47.5 Å². The highest BCUT2D eigenvalue weighted by molar-refractivity contribution is 7.92. The van der Waals surface area contributed by atoms with Gasteiger partial charge in [-0.2, -0.15) is 5.10 Å². The van der Waals surface area contributed by atoms with Crippen molar-refractivity contribution in [3.63, 3.8) is 0 Å². The molecule has 0 spiro atoms. The first kappa shape index (κ1) is 15.2. The van der Waals surface area contributed by atoms with Gasteiger partial charge in [-0.05, 0) is 36.4 Å². The summed E-state index contributed by atoms with van der Waals surface area (Å²) in [6.07, 6.45) is 1.98. The van der Waals surface area contributed by atoms with Crippen LogP contribution in [0.5, 0.6) is 5.75 Å². The molecule has 0 radical (unpaired) electrons. The van der Waals surface area contributed by atoms with E-state index in [1.165, 1.54) is 24.4 Å². The zero-order chi connectivity index (χ0) is 15.1. The second kappa shape index (κ2) is 7.00. The molecule has 21 heavy (non-hydrogen) atoms. The Morgan fingerprint density at radius 2 is 1.95 bits per heavy atom. The molecule has 2 rings (SSSR count). The van der Waals surface area contributed by atoms with Crippen LogP contribution in [0.4, 0.5) is 5.82 Å². The first-order valence-electron chi connectivity index (χ1n) is 6.26. The fourth-order valence-electron chi connectivity index (χ4n) is 1.52. The number of ether oxygens (including phenoxy) is 1. The molecular formula is C13H15N3O4S. The molecule has 0 bridgehead atoms. The quantitative estimate of drug-likeness (QED) is 0.741. The third kappa shape index (κ3) is 4.40. The highest BCUT2D eigenvalue weighted by Crippen LogP contribution is 2.18. The lowest BCUT2D eigenvalue weighted by Gasteiger charge is -2.08. The normalized spacial score (nSPS) is 11.1. The zero-order valence-electron chi connectivity index (χ0n) is 11.1. The number of aliphatic hydroxyl groups excluding tert-OH is 1. The molecule has 0 aliphatic rings. The molecule has 0 aliphatic carbocycles. The predicted molar refractivity (Wildman–Crippen MR) is 76.5 cm³/mol. The van der Waals surface area contributed by atoms with Gasteiger partial charge in [-0.25, -0.2) is 8.42 Å². The number of aromatic nitrogens is 2. The number of nitrogens with zero attached hydrogens (tertiary/aromatic N) is 2. The van der Waals surface area contributed by atoms with Gasteiger partial charge < -0.3 is 9.84 Å². The number of anilines is 1. The van der Waals surface area contributed by atoms with E-state index in [2.05, 4.69) is 14.9 Å². The molecule has 0 unspecified atom stereocenters. The number of sulfonamides is 1. The van der Waals surface area contributed by atoms with Gasteiger partial charge in [0.1, 0.15) is 5.75 Å². The molecule has 7 nitrogen and oxygen atoms in total. The zero-order valence-corrected chi connectivity index (χ0v) is 12.0. The SMILES string of the molecule is O=S(=O)(Nc1cccnn1)c1ccc(OCCCO)cc1. The van der Waals surface area contributed by atoms with Crippen molar-refractivity contribution in [1.29, 1.82) is 0 Å². The number of aliphatic hydroxyl groups is 1. The Hall–Kier alpha value is -2.19. The van der Waals surface area contributed by atoms with E-state index < -0.39 is 10.0 Å². The van der Waals surface area contributed by atoms with E-state index in [0.717, 1.165) is 0 Å². The Labute approximate surface area is 122 Å². The Bertz CT molecular complexity index is 660. The number of nitrogens with one attached hydrogen (secondary N) is 1. The first-order chi connectivity index (χ1) is 10.1. The number of hydrogen-bond acceptors (Lipinski definition) is 6. The van der Waals surface area contributed by atoms with Crippen molar-refractivity contribution in [1.82, 2.24) is 10.2 Å². The van der Waals surface area contributed by atoms with E-state index in [9.17, 15) is 8.42 Å². The summed E-state index contributed by atoms with van der Waals surface area (Å²) in [6.45, 7) is 0.426. The molecule has 0 saturated heterocycles. The highest BCUT2D eigenvalue weighted by Gasteiger charge is 2.14. The fourth-order valence-corrected chi connectivity index (χ4v) is 2.52. The second-order valence-corrected chi connectivity index (χ2v) is 5.79. The standard InChI is InChI=1S/C13H15N3O4S/c17-9-2-10-20-11-4-6-12(7-5-11)21(18,19)16-13-3-1-8-14-15-13/h1,3-8,17H,2,9-10H2,(H,15,16). The van der Waals surface area contributed by atoms with E-state index in [4.69, 9.17) is 9.84 Å². The monoisotopic (exact) mass is 309 g/mol. The lowest BCUT2D eigenvalue weighted by Crippen LogP contribution is -2.14. The highest BCUT2D eigenvalue weighted by atomic mass is 32.2. The molecule has 2 aromatic rings. The first-order valence-corrected chi connectivity index (χ1v) is 7.74. The molecular weight excluding hydrogens is 294 g/mol.